The lowest BCUT2D eigenvalue weighted by Crippen LogP contribution is -2.34. The number of carbonyl (C=O) groups excluding carboxylic acids is 4. The molecule has 0 fully saturated rings. The van der Waals surface area contributed by atoms with E-state index in [0.29, 0.717) is 28.3 Å². The fourth-order valence-corrected chi connectivity index (χ4v) is 2.82. The molecule has 0 aliphatic rings. The molecule has 35 heavy (non-hydrogen) atoms. The zero-order valence-electron chi connectivity index (χ0n) is 19.2. The van der Waals surface area contributed by atoms with E-state index in [1.54, 1.807) is 31.2 Å². The zero-order valence-corrected chi connectivity index (χ0v) is 19.2. The van der Waals surface area contributed by atoms with Crippen LogP contribution in [0, 0.1) is 6.92 Å². The summed E-state index contributed by atoms with van der Waals surface area (Å²) in [5.41, 5.74) is 4.61. The van der Waals surface area contributed by atoms with Crippen LogP contribution < -0.4 is 16.1 Å². The fraction of sp³-hybridized carbons (Fsp3) is 0.160. The van der Waals surface area contributed by atoms with E-state index in [9.17, 15) is 19.2 Å². The first-order valence-electron chi connectivity index (χ1n) is 10.7. The van der Waals surface area contributed by atoms with Crippen LogP contribution >= 0.6 is 0 Å². The Balaban J connectivity index is 1.44. The third kappa shape index (κ3) is 7.39. The molecule has 0 aliphatic heterocycles. The van der Waals surface area contributed by atoms with Crippen molar-refractivity contribution in [3.05, 3.63) is 88.9 Å². The Bertz CT molecular complexity index is 1230. The predicted octanol–water partition coefficient (Wildman–Crippen LogP) is 2.78. The smallest absolute Gasteiger partial charge is 0.338 e. The molecule has 3 N–H and O–H groups in total. The van der Waals surface area contributed by atoms with Crippen LogP contribution in [0.15, 0.2) is 70.2 Å². The molecule has 0 bridgehead atoms. The highest BCUT2D eigenvalue weighted by Crippen LogP contribution is 2.11. The summed E-state index contributed by atoms with van der Waals surface area (Å²) in [5, 5.41) is 8.74. The molecule has 0 spiro atoms. The van der Waals surface area contributed by atoms with Gasteiger partial charge in [0.15, 0.2) is 0 Å². The van der Waals surface area contributed by atoms with Crippen LogP contribution in [0.1, 0.15) is 44.7 Å². The normalized spacial score (nSPS) is 10.6. The van der Waals surface area contributed by atoms with Gasteiger partial charge in [-0.25, -0.2) is 10.2 Å². The Kier molecular flexibility index (Phi) is 8.49. The highest BCUT2D eigenvalue weighted by atomic mass is 16.5. The maximum atomic E-state index is 12.1. The summed E-state index contributed by atoms with van der Waals surface area (Å²) in [6.07, 6.45) is 1.32. The minimum Gasteiger partial charge on any atom is -0.462 e. The maximum Gasteiger partial charge on any atom is 0.338 e. The Labute approximate surface area is 201 Å². The van der Waals surface area contributed by atoms with Gasteiger partial charge >= 0.3 is 17.8 Å². The summed E-state index contributed by atoms with van der Waals surface area (Å²) in [6, 6.07) is 16.2. The van der Waals surface area contributed by atoms with E-state index in [4.69, 9.17) is 9.15 Å². The first kappa shape index (κ1) is 24.9. The number of rotatable bonds is 8. The van der Waals surface area contributed by atoms with Crippen LogP contribution in [0.25, 0.3) is 0 Å². The monoisotopic (exact) mass is 476 g/mol. The van der Waals surface area contributed by atoms with Gasteiger partial charge in [0.25, 0.3) is 5.91 Å². The number of nitrogens with zero attached hydrogens (tertiary/aromatic N) is 1. The molecule has 0 radical (unpaired) electrons. The highest BCUT2D eigenvalue weighted by molar-refractivity contribution is 6.39. The molecule has 1 heterocycles. The quantitative estimate of drug-likeness (QED) is 0.198. The number of esters is 1. The van der Waals surface area contributed by atoms with Gasteiger partial charge in [0, 0.05) is 11.3 Å². The summed E-state index contributed by atoms with van der Waals surface area (Å²) in [6.45, 7) is 3.86. The minimum atomic E-state index is -0.874. The molecule has 0 unspecified atom stereocenters. The summed E-state index contributed by atoms with van der Waals surface area (Å²) >= 11 is 0. The van der Waals surface area contributed by atoms with Crippen LogP contribution in [-0.2, 0) is 20.9 Å². The number of carbonyl (C=O) groups is 4. The van der Waals surface area contributed by atoms with Gasteiger partial charge in [0.05, 0.1) is 24.9 Å². The van der Waals surface area contributed by atoms with E-state index in [2.05, 4.69) is 21.2 Å². The molecule has 1 aromatic heterocycles. The molecule has 3 amide bonds. The standard InChI is InChI=1S/C25H24N4O6/c1-3-34-25(33)18-8-10-19(11-9-18)28-24(32)23(31)26-14-20-12-13-21(35-20)15-27-29-22(30)17-6-4-16(2)5-7-17/h4-13,15H,3,14H2,1-2H3,(H,26,31)(H,28,32)(H,29,30)/b27-15-. The van der Waals surface area contributed by atoms with Crippen LogP contribution in [0.5, 0.6) is 0 Å². The van der Waals surface area contributed by atoms with E-state index in [-0.39, 0.29) is 19.1 Å². The second-order valence-electron chi connectivity index (χ2n) is 7.30. The molecule has 180 valence electrons. The second kappa shape index (κ2) is 11.9. The molecular weight excluding hydrogens is 452 g/mol. The van der Waals surface area contributed by atoms with E-state index in [0.717, 1.165) is 5.56 Å². The van der Waals surface area contributed by atoms with Gasteiger partial charge in [0.1, 0.15) is 11.5 Å². The van der Waals surface area contributed by atoms with Gasteiger partial charge in [0.2, 0.25) is 0 Å². The maximum absolute atomic E-state index is 12.1. The van der Waals surface area contributed by atoms with E-state index in [1.165, 1.54) is 30.5 Å². The lowest BCUT2D eigenvalue weighted by molar-refractivity contribution is -0.136. The number of aryl methyl sites for hydroxylation is 1. The van der Waals surface area contributed by atoms with E-state index >= 15 is 0 Å². The van der Waals surface area contributed by atoms with Crippen molar-refractivity contribution in [3.8, 4) is 0 Å². The molecule has 2 aromatic carbocycles. The topological polar surface area (TPSA) is 139 Å². The number of nitrogens with one attached hydrogen (secondary N) is 3. The number of benzene rings is 2. The van der Waals surface area contributed by atoms with Crippen LogP contribution in [0.2, 0.25) is 0 Å². The molecule has 10 nitrogen and oxygen atoms in total. The van der Waals surface area contributed by atoms with Crippen LogP contribution in [-0.4, -0.2) is 36.5 Å². The van der Waals surface area contributed by atoms with Crippen LogP contribution in [0.3, 0.4) is 0 Å². The summed E-state index contributed by atoms with van der Waals surface area (Å²) in [4.78, 5) is 47.9. The van der Waals surface area contributed by atoms with Crippen molar-refractivity contribution in [2.24, 2.45) is 5.10 Å². The van der Waals surface area contributed by atoms with Crippen molar-refractivity contribution in [3.63, 3.8) is 0 Å². The van der Waals surface area contributed by atoms with Gasteiger partial charge in [-0.1, -0.05) is 17.7 Å². The number of furan rings is 1. The van der Waals surface area contributed by atoms with Crippen molar-refractivity contribution in [2.75, 3.05) is 11.9 Å². The average molecular weight is 476 g/mol. The molecule has 10 heteroatoms. The minimum absolute atomic E-state index is 0.0301. The summed E-state index contributed by atoms with van der Waals surface area (Å²) in [5.74, 6) is -1.83. The Morgan fingerprint density at radius 1 is 0.914 bits per heavy atom. The third-order valence-corrected chi connectivity index (χ3v) is 4.64. The first-order valence-corrected chi connectivity index (χ1v) is 10.7. The van der Waals surface area contributed by atoms with E-state index in [1.807, 2.05) is 19.1 Å². The lowest BCUT2D eigenvalue weighted by Gasteiger charge is -2.06. The van der Waals surface area contributed by atoms with E-state index < -0.39 is 17.8 Å². The molecular formula is C25H24N4O6. The molecule has 0 saturated heterocycles. The number of amides is 3. The van der Waals surface area contributed by atoms with Crippen molar-refractivity contribution >= 4 is 35.6 Å². The van der Waals surface area contributed by atoms with Crippen molar-refractivity contribution < 1.29 is 28.3 Å². The first-order chi connectivity index (χ1) is 16.9. The Hall–Kier alpha value is -4.73. The van der Waals surface area contributed by atoms with Gasteiger partial charge < -0.3 is 19.8 Å². The zero-order chi connectivity index (χ0) is 25.2. The average Bonchev–Trinajstić information content (AvgIpc) is 3.31. The number of ether oxygens (including phenoxy) is 1. The fourth-order valence-electron chi connectivity index (χ4n) is 2.82. The molecule has 3 rings (SSSR count). The SMILES string of the molecule is CCOC(=O)c1ccc(NC(=O)C(=O)NCc2ccc(/C=N\NC(=O)c3ccc(C)cc3)o2)cc1. The number of hydrogen-bond donors (Lipinski definition) is 3. The second-order valence-corrected chi connectivity index (χ2v) is 7.30. The highest BCUT2D eigenvalue weighted by Gasteiger charge is 2.15. The summed E-state index contributed by atoms with van der Waals surface area (Å²) < 4.78 is 10.4. The molecule has 0 aliphatic carbocycles. The van der Waals surface area contributed by atoms with Crippen molar-refractivity contribution in [1.82, 2.24) is 10.7 Å². The number of hydrazone groups is 1. The largest absolute Gasteiger partial charge is 0.462 e. The number of hydrogen-bond acceptors (Lipinski definition) is 7. The Morgan fingerprint density at radius 2 is 1.60 bits per heavy atom. The molecule has 3 aromatic rings. The third-order valence-electron chi connectivity index (χ3n) is 4.64. The van der Waals surface area contributed by atoms with Crippen LogP contribution in [0.4, 0.5) is 5.69 Å². The number of anilines is 1. The summed E-state index contributed by atoms with van der Waals surface area (Å²) in [7, 11) is 0. The van der Waals surface area contributed by atoms with Gasteiger partial charge in [-0.05, 0) is 62.4 Å². The van der Waals surface area contributed by atoms with Gasteiger partial charge in [-0.2, -0.15) is 5.10 Å². The Morgan fingerprint density at radius 3 is 2.29 bits per heavy atom. The van der Waals surface area contributed by atoms with Crippen molar-refractivity contribution in [2.45, 2.75) is 20.4 Å². The molecule has 0 saturated carbocycles. The van der Waals surface area contributed by atoms with Crippen molar-refractivity contribution in [1.29, 1.82) is 0 Å². The molecule has 0 atom stereocenters. The van der Waals surface area contributed by atoms with Gasteiger partial charge in [-0.3, -0.25) is 14.4 Å². The van der Waals surface area contributed by atoms with Gasteiger partial charge in [-0.15, -0.1) is 0 Å². The predicted molar refractivity (Wildman–Crippen MR) is 128 cm³/mol. The lowest BCUT2D eigenvalue weighted by atomic mass is 10.1.